The van der Waals surface area contributed by atoms with Crippen molar-refractivity contribution in [1.29, 1.82) is 0 Å². The van der Waals surface area contributed by atoms with Gasteiger partial charge in [0, 0.05) is 0 Å². The molecule has 84 valence electrons. The van der Waals surface area contributed by atoms with Crippen molar-refractivity contribution in [3.8, 4) is 0 Å². The molecule has 0 amide bonds. The molecule has 1 heterocycles. The summed E-state index contributed by atoms with van der Waals surface area (Å²) >= 11 is 0. The zero-order valence-corrected chi connectivity index (χ0v) is 8.03. The van der Waals surface area contributed by atoms with Crippen molar-refractivity contribution in [2.24, 2.45) is 0 Å². The predicted molar refractivity (Wildman–Crippen MR) is 48.5 cm³/mol. The maximum absolute atomic E-state index is 12.3. The Bertz CT molecular complexity index is 448. The van der Waals surface area contributed by atoms with Gasteiger partial charge in [-0.2, -0.15) is 13.2 Å². The van der Waals surface area contributed by atoms with Gasteiger partial charge in [-0.15, -0.1) is 10.2 Å². The van der Waals surface area contributed by atoms with E-state index in [-0.39, 0.29) is 0 Å². The Morgan fingerprint density at radius 1 is 1.12 bits per heavy atom. The Hall–Kier alpha value is -1.85. The van der Waals surface area contributed by atoms with Gasteiger partial charge in [0.05, 0.1) is 12.0 Å². The van der Waals surface area contributed by atoms with Gasteiger partial charge < -0.3 is 4.42 Å². The number of hydrogen-bond acceptors (Lipinski definition) is 3. The van der Waals surface area contributed by atoms with Crippen LogP contribution in [0.5, 0.6) is 0 Å². The molecule has 0 radical (unpaired) electrons. The summed E-state index contributed by atoms with van der Waals surface area (Å²) in [5.74, 6) is 0.375. The van der Waals surface area contributed by atoms with E-state index >= 15 is 0 Å². The molecule has 2 rings (SSSR count). The second-order valence-electron chi connectivity index (χ2n) is 3.20. The van der Waals surface area contributed by atoms with Gasteiger partial charge in [-0.25, -0.2) is 0 Å². The number of benzene rings is 1. The molecule has 0 aliphatic rings. The second-order valence-corrected chi connectivity index (χ2v) is 3.20. The normalized spacial score (nSPS) is 11.7. The van der Waals surface area contributed by atoms with E-state index in [4.69, 9.17) is 4.42 Å². The lowest BCUT2D eigenvalue weighted by Crippen LogP contribution is -2.04. The highest BCUT2D eigenvalue weighted by Gasteiger charge is 2.29. The Morgan fingerprint density at radius 3 is 2.31 bits per heavy atom. The fourth-order valence-corrected chi connectivity index (χ4v) is 1.26. The van der Waals surface area contributed by atoms with Crippen LogP contribution in [0, 0.1) is 0 Å². The van der Waals surface area contributed by atoms with E-state index in [1.165, 1.54) is 18.5 Å². The smallest absolute Gasteiger partial charge is 0.416 e. The second kappa shape index (κ2) is 3.96. The summed E-state index contributed by atoms with van der Waals surface area (Å²) in [5, 5.41) is 7.12. The lowest BCUT2D eigenvalue weighted by Gasteiger charge is -2.06. The molecule has 0 bridgehead atoms. The van der Waals surface area contributed by atoms with Crippen LogP contribution in [0.15, 0.2) is 35.1 Å². The summed E-state index contributed by atoms with van der Waals surface area (Å²) in [6.45, 7) is 0. The van der Waals surface area contributed by atoms with E-state index in [0.29, 0.717) is 17.9 Å². The molecular weight excluding hydrogens is 221 g/mol. The average molecular weight is 228 g/mol. The zero-order valence-electron chi connectivity index (χ0n) is 8.03. The summed E-state index contributed by atoms with van der Waals surface area (Å²) in [6, 6.07) is 4.86. The number of nitrogens with zero attached hydrogens (tertiary/aromatic N) is 2. The van der Waals surface area contributed by atoms with Crippen molar-refractivity contribution >= 4 is 0 Å². The van der Waals surface area contributed by atoms with Gasteiger partial charge in [0.25, 0.3) is 0 Å². The minimum atomic E-state index is -4.30. The molecule has 16 heavy (non-hydrogen) atoms. The van der Waals surface area contributed by atoms with Crippen LogP contribution < -0.4 is 0 Å². The lowest BCUT2D eigenvalue weighted by atomic mass is 10.1. The van der Waals surface area contributed by atoms with E-state index in [2.05, 4.69) is 10.2 Å². The topological polar surface area (TPSA) is 38.9 Å². The van der Waals surface area contributed by atoms with E-state index in [0.717, 1.165) is 12.1 Å². The van der Waals surface area contributed by atoms with Gasteiger partial charge in [0.2, 0.25) is 12.3 Å². The highest BCUT2D eigenvalue weighted by atomic mass is 19.4. The Balaban J connectivity index is 2.14. The summed E-state index contributed by atoms with van der Waals surface area (Å²) < 4.78 is 41.7. The van der Waals surface area contributed by atoms with Crippen molar-refractivity contribution in [2.45, 2.75) is 12.6 Å². The summed E-state index contributed by atoms with van der Waals surface area (Å²) in [7, 11) is 0. The molecule has 0 saturated heterocycles. The summed E-state index contributed by atoms with van der Waals surface area (Å²) in [5.41, 5.74) is 0.0269. The molecule has 0 saturated carbocycles. The Morgan fingerprint density at radius 2 is 1.81 bits per heavy atom. The van der Waals surface area contributed by atoms with Crippen LogP contribution in [0.25, 0.3) is 0 Å². The number of hydrogen-bond donors (Lipinski definition) is 0. The summed E-state index contributed by atoms with van der Waals surface area (Å²) in [6.07, 6.45) is -2.79. The molecule has 0 N–H and O–H groups in total. The highest BCUT2D eigenvalue weighted by Crippen LogP contribution is 2.29. The van der Waals surface area contributed by atoms with Crippen LogP contribution in [-0.4, -0.2) is 10.2 Å². The quantitative estimate of drug-likeness (QED) is 0.793. The van der Waals surface area contributed by atoms with Crippen LogP contribution in [0.3, 0.4) is 0 Å². The number of rotatable bonds is 2. The first kappa shape index (κ1) is 10.7. The SMILES string of the molecule is FC(F)(F)c1ccc(Cc2nnco2)cc1. The minimum Gasteiger partial charge on any atom is -0.428 e. The molecule has 3 nitrogen and oxygen atoms in total. The molecule has 0 fully saturated rings. The van der Waals surface area contributed by atoms with Gasteiger partial charge in [-0.1, -0.05) is 12.1 Å². The Kier molecular flexibility index (Phi) is 2.64. The summed E-state index contributed by atoms with van der Waals surface area (Å²) in [4.78, 5) is 0. The predicted octanol–water partition coefficient (Wildman–Crippen LogP) is 2.68. The first-order chi connectivity index (χ1) is 7.55. The van der Waals surface area contributed by atoms with Crippen molar-refractivity contribution in [3.05, 3.63) is 47.7 Å². The van der Waals surface area contributed by atoms with Crippen molar-refractivity contribution in [2.75, 3.05) is 0 Å². The molecule has 1 aromatic carbocycles. The van der Waals surface area contributed by atoms with Crippen molar-refractivity contribution in [3.63, 3.8) is 0 Å². The van der Waals surface area contributed by atoms with Gasteiger partial charge in [0.15, 0.2) is 0 Å². The average Bonchev–Trinajstić information content (AvgIpc) is 2.70. The van der Waals surface area contributed by atoms with E-state index in [1.54, 1.807) is 0 Å². The molecule has 0 atom stereocenters. The first-order valence-electron chi connectivity index (χ1n) is 4.47. The monoisotopic (exact) mass is 228 g/mol. The van der Waals surface area contributed by atoms with E-state index in [9.17, 15) is 13.2 Å². The van der Waals surface area contributed by atoms with E-state index in [1.807, 2.05) is 0 Å². The molecule has 2 aromatic rings. The van der Waals surface area contributed by atoms with E-state index < -0.39 is 11.7 Å². The standard InChI is InChI=1S/C10H7F3N2O/c11-10(12,13)8-3-1-7(2-4-8)5-9-15-14-6-16-9/h1-4,6H,5H2. The third-order valence-electron chi connectivity index (χ3n) is 2.04. The number of alkyl halides is 3. The van der Waals surface area contributed by atoms with Crippen molar-refractivity contribution in [1.82, 2.24) is 10.2 Å². The maximum Gasteiger partial charge on any atom is 0.416 e. The fraction of sp³-hybridized carbons (Fsp3) is 0.200. The first-order valence-corrected chi connectivity index (χ1v) is 4.47. The van der Waals surface area contributed by atoms with Crippen molar-refractivity contribution < 1.29 is 17.6 Å². The molecule has 1 aromatic heterocycles. The van der Waals surface area contributed by atoms with Gasteiger partial charge >= 0.3 is 6.18 Å². The maximum atomic E-state index is 12.3. The minimum absolute atomic E-state index is 0.331. The van der Waals surface area contributed by atoms with Crippen LogP contribution in [0.2, 0.25) is 0 Å². The number of aromatic nitrogens is 2. The zero-order chi connectivity index (χ0) is 11.6. The molecule has 0 spiro atoms. The fourth-order valence-electron chi connectivity index (χ4n) is 1.26. The van der Waals surface area contributed by atoms with Gasteiger partial charge in [-0.3, -0.25) is 0 Å². The Labute approximate surface area is 88.9 Å². The number of halogens is 3. The highest BCUT2D eigenvalue weighted by molar-refractivity contribution is 5.26. The van der Waals surface area contributed by atoms with Gasteiger partial charge in [0.1, 0.15) is 0 Å². The van der Waals surface area contributed by atoms with Crippen LogP contribution in [0.4, 0.5) is 13.2 Å². The molecule has 0 unspecified atom stereocenters. The molecular formula is C10H7F3N2O. The molecule has 6 heteroatoms. The largest absolute Gasteiger partial charge is 0.428 e. The lowest BCUT2D eigenvalue weighted by molar-refractivity contribution is -0.137. The van der Waals surface area contributed by atoms with Crippen LogP contribution in [-0.2, 0) is 12.6 Å². The third-order valence-corrected chi connectivity index (χ3v) is 2.04. The molecule has 0 aliphatic carbocycles. The van der Waals surface area contributed by atoms with Gasteiger partial charge in [-0.05, 0) is 17.7 Å². The molecule has 0 aliphatic heterocycles. The third kappa shape index (κ3) is 2.39. The van der Waals surface area contributed by atoms with Crippen LogP contribution in [0.1, 0.15) is 17.0 Å². The van der Waals surface area contributed by atoms with Crippen LogP contribution >= 0.6 is 0 Å².